The standard InChI is InChI=1S/C18H21NO8S/c1-13(14-3-4-16-12-17(25-2)6-5-15(16)11-14)18(20)26-7-9-28(23,24)10-8-27-19(21)22/h3-6,11-13H,7-10H2,1-2H3/t13-/m0/s1. The zero-order valence-corrected chi connectivity index (χ0v) is 16.3. The average Bonchev–Trinajstić information content (AvgIpc) is 2.65. The summed E-state index contributed by atoms with van der Waals surface area (Å²) in [6.07, 6.45) is 0. The Kier molecular flexibility index (Phi) is 7.16. The van der Waals surface area contributed by atoms with E-state index < -0.39 is 44.9 Å². The van der Waals surface area contributed by atoms with Gasteiger partial charge in [-0.15, -0.1) is 10.1 Å². The molecule has 1 atom stereocenters. The SMILES string of the molecule is COc1ccc2cc([C@H](C)C(=O)OCCS(=O)(=O)CCO[N+](=O)[O-])ccc2c1. The number of fused-ring (bicyclic) bond motifs is 1. The van der Waals surface area contributed by atoms with E-state index in [0.29, 0.717) is 0 Å². The molecular formula is C18H21NO8S. The van der Waals surface area contributed by atoms with Gasteiger partial charge in [-0.3, -0.25) is 4.79 Å². The fourth-order valence-electron chi connectivity index (χ4n) is 2.51. The molecule has 0 fully saturated rings. The number of esters is 1. The molecule has 0 heterocycles. The van der Waals surface area contributed by atoms with Crippen molar-refractivity contribution in [1.82, 2.24) is 0 Å². The van der Waals surface area contributed by atoms with Crippen LogP contribution in [0.5, 0.6) is 5.75 Å². The Morgan fingerprint density at radius 1 is 1.11 bits per heavy atom. The highest BCUT2D eigenvalue weighted by Gasteiger charge is 2.19. The van der Waals surface area contributed by atoms with Crippen molar-refractivity contribution in [2.24, 2.45) is 0 Å². The van der Waals surface area contributed by atoms with Gasteiger partial charge in [0, 0.05) is 0 Å². The minimum absolute atomic E-state index is 0.325. The van der Waals surface area contributed by atoms with E-state index in [1.807, 2.05) is 30.3 Å². The maximum atomic E-state index is 12.2. The number of hydrogen-bond acceptors (Lipinski definition) is 8. The molecule has 2 rings (SSSR count). The molecule has 0 saturated carbocycles. The van der Waals surface area contributed by atoms with Crippen LogP contribution in [0.25, 0.3) is 10.8 Å². The van der Waals surface area contributed by atoms with Crippen LogP contribution in [0.1, 0.15) is 18.4 Å². The van der Waals surface area contributed by atoms with Gasteiger partial charge in [0.25, 0.3) is 5.09 Å². The first-order chi connectivity index (χ1) is 13.2. The number of ether oxygens (including phenoxy) is 2. The van der Waals surface area contributed by atoms with Gasteiger partial charge >= 0.3 is 5.97 Å². The Morgan fingerprint density at radius 2 is 1.75 bits per heavy atom. The van der Waals surface area contributed by atoms with E-state index in [1.54, 1.807) is 20.1 Å². The summed E-state index contributed by atoms with van der Waals surface area (Å²) < 4.78 is 33.7. The van der Waals surface area contributed by atoms with E-state index in [2.05, 4.69) is 4.84 Å². The van der Waals surface area contributed by atoms with Gasteiger partial charge in [0.05, 0.1) is 24.5 Å². The molecule has 0 radical (unpaired) electrons. The van der Waals surface area contributed by atoms with Gasteiger partial charge in [-0.05, 0) is 35.4 Å². The lowest BCUT2D eigenvalue weighted by molar-refractivity contribution is -0.756. The maximum absolute atomic E-state index is 12.2. The van der Waals surface area contributed by atoms with Gasteiger partial charge in [0.15, 0.2) is 9.84 Å². The third-order valence-electron chi connectivity index (χ3n) is 4.15. The summed E-state index contributed by atoms with van der Waals surface area (Å²) in [7, 11) is -2.03. The van der Waals surface area contributed by atoms with Crippen LogP contribution in [-0.4, -0.2) is 51.3 Å². The lowest BCUT2D eigenvalue weighted by Crippen LogP contribution is -2.22. The summed E-state index contributed by atoms with van der Waals surface area (Å²) in [4.78, 5) is 26.2. The lowest BCUT2D eigenvalue weighted by atomic mass is 9.98. The van der Waals surface area contributed by atoms with E-state index >= 15 is 0 Å². The number of nitrogens with zero attached hydrogens (tertiary/aromatic N) is 1. The van der Waals surface area contributed by atoms with E-state index in [1.165, 1.54) is 0 Å². The fourth-order valence-corrected chi connectivity index (χ4v) is 3.38. The quantitative estimate of drug-likeness (QED) is 0.331. The van der Waals surface area contributed by atoms with Gasteiger partial charge < -0.3 is 14.3 Å². The fraction of sp³-hybridized carbons (Fsp3) is 0.389. The van der Waals surface area contributed by atoms with Crippen LogP contribution >= 0.6 is 0 Å². The molecule has 152 valence electrons. The molecule has 0 bridgehead atoms. The predicted molar refractivity (Wildman–Crippen MR) is 101 cm³/mol. The highest BCUT2D eigenvalue weighted by atomic mass is 32.2. The first-order valence-electron chi connectivity index (χ1n) is 8.44. The van der Waals surface area contributed by atoms with Gasteiger partial charge in [-0.2, -0.15) is 0 Å². The van der Waals surface area contributed by atoms with Crippen LogP contribution in [0.3, 0.4) is 0 Å². The van der Waals surface area contributed by atoms with Crippen LogP contribution in [-0.2, 0) is 24.2 Å². The molecule has 0 amide bonds. The summed E-state index contributed by atoms with van der Waals surface area (Å²) >= 11 is 0. The van der Waals surface area contributed by atoms with Crippen molar-refractivity contribution < 1.29 is 32.6 Å². The molecule has 2 aromatic carbocycles. The molecule has 0 aliphatic rings. The third kappa shape index (κ3) is 6.08. The second kappa shape index (κ2) is 9.36. The lowest BCUT2D eigenvalue weighted by Gasteiger charge is -2.13. The number of benzene rings is 2. The van der Waals surface area contributed by atoms with Crippen molar-refractivity contribution in [3.8, 4) is 5.75 Å². The third-order valence-corrected chi connectivity index (χ3v) is 5.73. The normalized spacial score (nSPS) is 12.4. The Labute approximate surface area is 162 Å². The van der Waals surface area contributed by atoms with Gasteiger partial charge in [-0.1, -0.05) is 24.3 Å². The summed E-state index contributed by atoms with van der Waals surface area (Å²) in [5.74, 6) is -1.34. The zero-order chi connectivity index (χ0) is 20.7. The molecule has 0 aliphatic carbocycles. The van der Waals surface area contributed by atoms with Crippen LogP contribution in [0, 0.1) is 10.1 Å². The average molecular weight is 411 g/mol. The molecular weight excluding hydrogens is 390 g/mol. The van der Waals surface area contributed by atoms with E-state index in [-0.39, 0.29) is 6.61 Å². The maximum Gasteiger partial charge on any atom is 0.313 e. The monoisotopic (exact) mass is 411 g/mol. The highest BCUT2D eigenvalue weighted by molar-refractivity contribution is 7.91. The smallest absolute Gasteiger partial charge is 0.313 e. The molecule has 10 heteroatoms. The molecule has 0 unspecified atom stereocenters. The number of carbonyl (C=O) groups is 1. The first-order valence-corrected chi connectivity index (χ1v) is 10.3. The molecule has 0 aliphatic heterocycles. The zero-order valence-electron chi connectivity index (χ0n) is 15.5. The molecule has 2 aromatic rings. The van der Waals surface area contributed by atoms with E-state index in [0.717, 1.165) is 22.1 Å². The van der Waals surface area contributed by atoms with Crippen LogP contribution < -0.4 is 4.74 Å². The van der Waals surface area contributed by atoms with Crippen LogP contribution in [0.15, 0.2) is 36.4 Å². The second-order valence-electron chi connectivity index (χ2n) is 6.07. The van der Waals surface area contributed by atoms with E-state index in [9.17, 15) is 23.3 Å². The first kappa shape index (κ1) is 21.4. The van der Waals surface area contributed by atoms with E-state index in [4.69, 9.17) is 9.47 Å². The number of rotatable bonds is 10. The van der Waals surface area contributed by atoms with Crippen molar-refractivity contribution in [3.05, 3.63) is 52.1 Å². The second-order valence-corrected chi connectivity index (χ2v) is 8.37. The van der Waals surface area contributed by atoms with Crippen LogP contribution in [0.4, 0.5) is 0 Å². The summed E-state index contributed by atoms with van der Waals surface area (Å²) in [6.45, 7) is 0.794. The number of hydrogen-bond donors (Lipinski definition) is 0. The number of carbonyl (C=O) groups excluding carboxylic acids is 1. The Bertz CT molecular complexity index is 957. The van der Waals surface area contributed by atoms with Gasteiger partial charge in [0.1, 0.15) is 19.0 Å². The Hall–Kier alpha value is -2.88. The van der Waals surface area contributed by atoms with Crippen molar-refractivity contribution in [1.29, 1.82) is 0 Å². The Morgan fingerprint density at radius 3 is 2.43 bits per heavy atom. The predicted octanol–water partition coefficient (Wildman–Crippen LogP) is 2.12. The topological polar surface area (TPSA) is 122 Å². The number of sulfone groups is 1. The largest absolute Gasteiger partial charge is 0.497 e. The molecule has 28 heavy (non-hydrogen) atoms. The highest BCUT2D eigenvalue weighted by Crippen LogP contribution is 2.25. The summed E-state index contributed by atoms with van der Waals surface area (Å²) in [5.41, 5.74) is 0.741. The van der Waals surface area contributed by atoms with Crippen molar-refractivity contribution in [2.45, 2.75) is 12.8 Å². The molecule has 0 aromatic heterocycles. The number of methoxy groups -OCH3 is 1. The molecule has 0 saturated heterocycles. The minimum Gasteiger partial charge on any atom is -0.497 e. The van der Waals surface area contributed by atoms with Gasteiger partial charge in [0.2, 0.25) is 0 Å². The van der Waals surface area contributed by atoms with Crippen molar-refractivity contribution in [3.63, 3.8) is 0 Å². The van der Waals surface area contributed by atoms with Crippen LogP contribution in [0.2, 0.25) is 0 Å². The molecule has 0 N–H and O–H groups in total. The molecule has 0 spiro atoms. The summed E-state index contributed by atoms with van der Waals surface area (Å²) in [5, 5.41) is 10.9. The van der Waals surface area contributed by atoms with Crippen molar-refractivity contribution >= 4 is 26.6 Å². The Balaban J connectivity index is 1.91. The summed E-state index contributed by atoms with van der Waals surface area (Å²) in [6, 6.07) is 11.1. The van der Waals surface area contributed by atoms with Crippen molar-refractivity contribution in [2.75, 3.05) is 31.8 Å². The minimum atomic E-state index is -3.62. The van der Waals surface area contributed by atoms with Gasteiger partial charge in [-0.25, -0.2) is 8.42 Å². The molecule has 9 nitrogen and oxygen atoms in total.